The molecule has 1 atom stereocenters. The fourth-order valence-corrected chi connectivity index (χ4v) is 6.08. The Balaban J connectivity index is 2.16. The summed E-state index contributed by atoms with van der Waals surface area (Å²) in [7, 11) is -3.08. The predicted octanol–water partition coefficient (Wildman–Crippen LogP) is 2.06. The number of hydrogen-bond acceptors (Lipinski definition) is 4. The van der Waals surface area contributed by atoms with Crippen LogP contribution in [0.1, 0.15) is 12.8 Å². The summed E-state index contributed by atoms with van der Waals surface area (Å²) in [4.78, 5) is 40.5. The summed E-state index contributed by atoms with van der Waals surface area (Å²) < 4.78 is 1.87. The molecule has 0 saturated carbocycles. The van der Waals surface area contributed by atoms with Gasteiger partial charge in [0.1, 0.15) is 10.8 Å². The van der Waals surface area contributed by atoms with Crippen molar-refractivity contribution < 1.29 is 14.4 Å². The van der Waals surface area contributed by atoms with Gasteiger partial charge in [0.05, 0.1) is 5.52 Å². The van der Waals surface area contributed by atoms with E-state index in [2.05, 4.69) is 10.3 Å². The third-order valence-electron chi connectivity index (χ3n) is 5.17. The molecule has 0 bridgehead atoms. The number of piperidine rings is 1. The first-order chi connectivity index (χ1) is 11.9. The van der Waals surface area contributed by atoms with Gasteiger partial charge in [-0.2, -0.15) is 0 Å². The second kappa shape index (κ2) is 5.24. The van der Waals surface area contributed by atoms with E-state index < -0.39 is 19.4 Å². The van der Waals surface area contributed by atoms with Gasteiger partial charge in [0.2, 0.25) is 14.2 Å². The fraction of sp³-hybridized carbons (Fsp3) is 0.278. The van der Waals surface area contributed by atoms with Crippen molar-refractivity contribution >= 4 is 42.1 Å². The highest BCUT2D eigenvalue weighted by Gasteiger charge is 2.57. The smallest absolute Gasteiger partial charge is 0.252 e. The van der Waals surface area contributed by atoms with Crippen molar-refractivity contribution in [3.63, 3.8) is 0 Å². The van der Waals surface area contributed by atoms with Crippen LogP contribution in [0.4, 0.5) is 0 Å². The van der Waals surface area contributed by atoms with Crippen molar-refractivity contribution in [3.8, 4) is 0 Å². The average molecular weight is 353 g/mol. The lowest BCUT2D eigenvalue weighted by Crippen LogP contribution is -2.67. The van der Waals surface area contributed by atoms with Crippen molar-refractivity contribution in [1.29, 1.82) is 0 Å². The molecular weight excluding hydrogens is 334 g/mol. The molecule has 1 aromatic carbocycles. The second-order valence-corrected chi connectivity index (χ2v) is 11.0. The molecule has 1 saturated heterocycles. The third kappa shape index (κ3) is 2.09. The number of imide groups is 1. The lowest BCUT2D eigenvalue weighted by molar-refractivity contribution is -0.137. The SMILES string of the molecule is C[Si](C)(O)C1(n2c3ccccc3c3cccnc32)CCC(=O)NC1=O. The molecule has 25 heavy (non-hydrogen) atoms. The van der Waals surface area contributed by atoms with Gasteiger partial charge in [-0.05, 0) is 37.7 Å². The van der Waals surface area contributed by atoms with Crippen LogP contribution in [-0.4, -0.2) is 34.5 Å². The Morgan fingerprint density at radius 2 is 1.88 bits per heavy atom. The van der Waals surface area contributed by atoms with Gasteiger partial charge in [0.15, 0.2) is 0 Å². The lowest BCUT2D eigenvalue weighted by Gasteiger charge is -2.44. The summed E-state index contributed by atoms with van der Waals surface area (Å²) in [6.45, 7) is 3.48. The molecule has 3 aromatic rings. The molecule has 2 aromatic heterocycles. The largest absolute Gasteiger partial charge is 0.429 e. The van der Waals surface area contributed by atoms with Crippen LogP contribution in [0, 0.1) is 0 Å². The highest BCUT2D eigenvalue weighted by Crippen LogP contribution is 2.41. The van der Waals surface area contributed by atoms with Crippen LogP contribution < -0.4 is 5.32 Å². The zero-order valence-corrected chi connectivity index (χ0v) is 15.1. The second-order valence-electron chi connectivity index (χ2n) is 7.02. The summed E-state index contributed by atoms with van der Waals surface area (Å²) >= 11 is 0. The van der Waals surface area contributed by atoms with Crippen molar-refractivity contribution in [2.45, 2.75) is 31.1 Å². The number of hydrogen-bond donors (Lipinski definition) is 2. The number of para-hydroxylation sites is 1. The fourth-order valence-electron chi connectivity index (χ4n) is 3.95. The van der Waals surface area contributed by atoms with Gasteiger partial charge in [0, 0.05) is 23.4 Å². The molecule has 1 unspecified atom stereocenters. The molecule has 128 valence electrons. The average Bonchev–Trinajstić information content (AvgIpc) is 2.89. The summed E-state index contributed by atoms with van der Waals surface area (Å²) in [5, 5.41) is 3.17. The zero-order valence-electron chi connectivity index (χ0n) is 14.1. The molecule has 7 heteroatoms. The highest BCUT2D eigenvalue weighted by molar-refractivity contribution is 6.76. The van der Waals surface area contributed by atoms with Crippen molar-refractivity contribution in [2.75, 3.05) is 0 Å². The number of amides is 2. The Kier molecular flexibility index (Phi) is 3.35. The maximum absolute atomic E-state index is 13.1. The van der Waals surface area contributed by atoms with Gasteiger partial charge in [0.25, 0.3) is 5.91 Å². The number of carbonyl (C=O) groups excluding carboxylic acids is 2. The number of nitrogens with one attached hydrogen (secondary N) is 1. The highest BCUT2D eigenvalue weighted by atomic mass is 28.4. The third-order valence-corrected chi connectivity index (χ3v) is 7.89. The van der Waals surface area contributed by atoms with Crippen molar-refractivity contribution in [2.24, 2.45) is 0 Å². The van der Waals surface area contributed by atoms with Crippen molar-refractivity contribution in [1.82, 2.24) is 14.9 Å². The standard InChI is InChI=1S/C18H19N3O3Si/c1-25(2,24)18(10-9-15(22)20-17(18)23)21-14-8-4-3-6-12(14)13-7-5-11-19-16(13)21/h3-8,11,24H,9-10H2,1-2H3,(H,20,22,23). The minimum absolute atomic E-state index is 0.198. The number of fused-ring (bicyclic) bond motifs is 3. The molecule has 0 spiro atoms. The molecular formula is C18H19N3O3Si. The number of rotatable bonds is 2. The number of pyridine rings is 1. The summed E-state index contributed by atoms with van der Waals surface area (Å²) in [6.07, 6.45) is 2.16. The zero-order chi connectivity index (χ0) is 17.8. The Hall–Kier alpha value is -2.51. The predicted molar refractivity (Wildman–Crippen MR) is 97.3 cm³/mol. The van der Waals surface area contributed by atoms with E-state index in [1.54, 1.807) is 19.3 Å². The van der Waals surface area contributed by atoms with Gasteiger partial charge < -0.3 is 9.36 Å². The molecule has 0 radical (unpaired) electrons. The van der Waals surface area contributed by atoms with Gasteiger partial charge in [-0.25, -0.2) is 4.98 Å². The van der Waals surface area contributed by atoms with Gasteiger partial charge in [-0.3, -0.25) is 14.9 Å². The summed E-state index contributed by atoms with van der Waals surface area (Å²) in [5.41, 5.74) is 1.50. The lowest BCUT2D eigenvalue weighted by atomic mass is 10.0. The topological polar surface area (TPSA) is 84.2 Å². The van der Waals surface area contributed by atoms with Gasteiger partial charge >= 0.3 is 0 Å². The van der Waals surface area contributed by atoms with Crippen LogP contribution in [0.15, 0.2) is 42.6 Å². The number of carbonyl (C=O) groups is 2. The monoisotopic (exact) mass is 353 g/mol. The van der Waals surface area contributed by atoms with Gasteiger partial charge in [-0.1, -0.05) is 18.2 Å². The first kappa shape index (κ1) is 16.0. The maximum atomic E-state index is 13.1. The molecule has 1 aliphatic rings. The molecule has 6 nitrogen and oxygen atoms in total. The van der Waals surface area contributed by atoms with Crippen molar-refractivity contribution in [3.05, 3.63) is 42.6 Å². The van der Waals surface area contributed by atoms with E-state index in [4.69, 9.17) is 0 Å². The van der Waals surface area contributed by atoms with Crippen LogP contribution >= 0.6 is 0 Å². The normalized spacial score (nSPS) is 21.7. The number of nitrogens with zero attached hydrogens (tertiary/aromatic N) is 2. The number of benzene rings is 1. The quantitative estimate of drug-likeness (QED) is 0.546. The Morgan fingerprint density at radius 3 is 2.60 bits per heavy atom. The minimum Gasteiger partial charge on any atom is -0.429 e. The van der Waals surface area contributed by atoms with Crippen LogP contribution in [0.2, 0.25) is 13.1 Å². The first-order valence-corrected chi connectivity index (χ1v) is 11.2. The molecule has 4 rings (SSSR count). The van der Waals surface area contributed by atoms with Gasteiger partial charge in [-0.15, -0.1) is 0 Å². The molecule has 1 fully saturated rings. The Morgan fingerprint density at radius 1 is 1.16 bits per heavy atom. The van der Waals surface area contributed by atoms with E-state index in [9.17, 15) is 14.4 Å². The maximum Gasteiger partial charge on any atom is 0.252 e. The molecule has 2 amide bonds. The first-order valence-electron chi connectivity index (χ1n) is 8.27. The van der Waals surface area contributed by atoms with E-state index in [1.807, 2.05) is 41.0 Å². The minimum atomic E-state index is -3.08. The van der Waals surface area contributed by atoms with E-state index in [0.717, 1.165) is 16.3 Å². The van der Waals surface area contributed by atoms with Crippen LogP contribution in [0.25, 0.3) is 21.9 Å². The molecule has 2 N–H and O–H groups in total. The van der Waals surface area contributed by atoms with E-state index in [1.165, 1.54) is 0 Å². The van der Waals surface area contributed by atoms with Crippen LogP contribution in [-0.2, 0) is 14.8 Å². The Labute approximate surface area is 145 Å². The Bertz CT molecular complexity index is 968. The molecule has 3 heterocycles. The summed E-state index contributed by atoms with van der Waals surface area (Å²) in [6, 6.07) is 11.6. The molecule has 1 aliphatic heterocycles. The van der Waals surface area contributed by atoms with E-state index in [-0.39, 0.29) is 18.7 Å². The summed E-state index contributed by atoms with van der Waals surface area (Å²) in [5.74, 6) is -0.733. The number of aromatic nitrogens is 2. The molecule has 0 aliphatic carbocycles. The van der Waals surface area contributed by atoms with E-state index >= 15 is 0 Å². The van der Waals surface area contributed by atoms with E-state index in [0.29, 0.717) is 5.65 Å². The van der Waals surface area contributed by atoms with Crippen LogP contribution in [0.3, 0.4) is 0 Å². The van der Waals surface area contributed by atoms with Crippen LogP contribution in [0.5, 0.6) is 0 Å².